The third-order valence-electron chi connectivity index (χ3n) is 10.8. The molecule has 14 heteroatoms. The van der Waals surface area contributed by atoms with Crippen LogP contribution in [0.4, 0.5) is 9.18 Å². The maximum Gasteiger partial charge on any atom is 0.407 e. The van der Waals surface area contributed by atoms with E-state index in [1.54, 1.807) is 23.4 Å². The number of halogens is 1. The van der Waals surface area contributed by atoms with Gasteiger partial charge in [-0.05, 0) is 66.3 Å². The summed E-state index contributed by atoms with van der Waals surface area (Å²) >= 11 is 0. The van der Waals surface area contributed by atoms with E-state index in [0.717, 1.165) is 36.1 Å². The van der Waals surface area contributed by atoms with Crippen molar-refractivity contribution >= 4 is 23.9 Å². The zero-order valence-corrected chi connectivity index (χ0v) is 32.2. The number of imidazole rings is 2. The van der Waals surface area contributed by atoms with Crippen LogP contribution in [0.3, 0.4) is 0 Å². The van der Waals surface area contributed by atoms with Gasteiger partial charge in [-0.3, -0.25) is 14.4 Å². The van der Waals surface area contributed by atoms with E-state index >= 15 is 4.39 Å². The van der Waals surface area contributed by atoms with Crippen LogP contribution in [0.25, 0.3) is 33.6 Å². The first-order valence-electron chi connectivity index (χ1n) is 18.9. The number of H-pyrrole nitrogens is 2. The van der Waals surface area contributed by atoms with E-state index in [-0.39, 0.29) is 42.2 Å². The van der Waals surface area contributed by atoms with Crippen LogP contribution in [0.1, 0.15) is 83.5 Å². The van der Waals surface area contributed by atoms with Crippen LogP contribution in [0.5, 0.6) is 0 Å². The molecule has 2 aromatic carbocycles. The number of rotatable bonds is 12. The molecule has 3 N–H and O–H groups in total. The lowest BCUT2D eigenvalue weighted by molar-refractivity contribution is -0.148. The molecule has 2 aliphatic heterocycles. The van der Waals surface area contributed by atoms with Gasteiger partial charge in [-0.2, -0.15) is 0 Å². The summed E-state index contributed by atoms with van der Waals surface area (Å²) < 4.78 is 25.3. The van der Waals surface area contributed by atoms with Crippen molar-refractivity contribution in [2.24, 2.45) is 17.8 Å². The Morgan fingerprint density at radius 2 is 1.35 bits per heavy atom. The Kier molecular flexibility index (Phi) is 12.0. The van der Waals surface area contributed by atoms with Gasteiger partial charge in [0.15, 0.2) is 0 Å². The lowest BCUT2D eigenvalue weighted by atomic mass is 9.91. The van der Waals surface area contributed by atoms with Gasteiger partial charge in [0.05, 0.1) is 62.4 Å². The summed E-state index contributed by atoms with van der Waals surface area (Å²) in [6.45, 7) is 8.73. The number of methoxy groups -OCH3 is 2. The van der Waals surface area contributed by atoms with Gasteiger partial charge >= 0.3 is 12.1 Å². The average molecular weight is 756 g/mol. The molecule has 292 valence electrons. The SMILES string of the molecule is COC(=O)C[C@H](C(=O)N1CCC[C@H]1c1ncc(-c2ccc(-c3ccc(-c4cnc([C@@H]5CCCN5C(=O)[C@H](NC(=O)OC)C(C)C)[nH]4)c(F)c3)cc2)[nH]1)C(C)C. The van der Waals surface area contributed by atoms with E-state index in [1.165, 1.54) is 20.3 Å². The molecular weight excluding hydrogens is 705 g/mol. The molecule has 3 amide bonds. The van der Waals surface area contributed by atoms with Crippen molar-refractivity contribution in [2.45, 2.75) is 77.9 Å². The first-order chi connectivity index (χ1) is 26.4. The molecule has 4 heterocycles. The number of benzene rings is 2. The molecule has 4 atom stereocenters. The van der Waals surface area contributed by atoms with Crippen molar-refractivity contribution in [1.29, 1.82) is 0 Å². The number of carbonyl (C=O) groups excluding carboxylic acids is 4. The smallest absolute Gasteiger partial charge is 0.407 e. The normalized spacial score (nSPS) is 18.1. The van der Waals surface area contributed by atoms with Gasteiger partial charge in [-0.1, -0.05) is 58.0 Å². The van der Waals surface area contributed by atoms with Crippen LogP contribution in [0.2, 0.25) is 0 Å². The Morgan fingerprint density at radius 3 is 1.91 bits per heavy atom. The highest BCUT2D eigenvalue weighted by molar-refractivity contribution is 5.86. The summed E-state index contributed by atoms with van der Waals surface area (Å²) in [5.41, 5.74) is 4.09. The van der Waals surface area contributed by atoms with Gasteiger partial charge in [0.1, 0.15) is 23.5 Å². The number of esters is 1. The summed E-state index contributed by atoms with van der Waals surface area (Å²) in [6, 6.07) is 11.5. The van der Waals surface area contributed by atoms with E-state index in [4.69, 9.17) is 9.47 Å². The highest BCUT2D eigenvalue weighted by Gasteiger charge is 2.39. The molecule has 2 aromatic heterocycles. The second-order valence-electron chi connectivity index (χ2n) is 15.0. The molecule has 0 bridgehead atoms. The van der Waals surface area contributed by atoms with E-state index in [1.807, 2.05) is 62.9 Å². The molecule has 0 radical (unpaired) electrons. The van der Waals surface area contributed by atoms with Crippen LogP contribution in [0, 0.1) is 23.6 Å². The van der Waals surface area contributed by atoms with Crippen molar-refractivity contribution in [1.82, 2.24) is 35.1 Å². The molecule has 13 nitrogen and oxygen atoms in total. The van der Waals surface area contributed by atoms with Gasteiger partial charge in [0.25, 0.3) is 0 Å². The molecule has 0 unspecified atom stereocenters. The number of aromatic amines is 2. The fourth-order valence-electron chi connectivity index (χ4n) is 7.64. The quantitative estimate of drug-likeness (QED) is 0.133. The number of nitrogens with one attached hydrogen (secondary N) is 3. The van der Waals surface area contributed by atoms with Crippen LogP contribution in [-0.2, 0) is 23.9 Å². The molecule has 2 aliphatic rings. The van der Waals surface area contributed by atoms with Gasteiger partial charge in [-0.15, -0.1) is 0 Å². The van der Waals surface area contributed by atoms with E-state index in [0.29, 0.717) is 48.0 Å². The topological polar surface area (TPSA) is 163 Å². The fourth-order valence-corrected chi connectivity index (χ4v) is 7.64. The second-order valence-corrected chi connectivity index (χ2v) is 15.0. The Balaban J connectivity index is 1.13. The molecular formula is C41H50FN7O6. The second kappa shape index (κ2) is 16.9. The average Bonchev–Trinajstić information content (AvgIpc) is 4.02. The van der Waals surface area contributed by atoms with Gasteiger partial charge in [-0.25, -0.2) is 19.2 Å². The monoisotopic (exact) mass is 755 g/mol. The summed E-state index contributed by atoms with van der Waals surface area (Å²) in [4.78, 5) is 70.5. The number of amides is 3. The summed E-state index contributed by atoms with van der Waals surface area (Å²) in [6.07, 6.45) is 5.81. The van der Waals surface area contributed by atoms with Gasteiger partial charge in [0, 0.05) is 18.7 Å². The van der Waals surface area contributed by atoms with Gasteiger partial charge in [0.2, 0.25) is 11.8 Å². The highest BCUT2D eigenvalue weighted by atomic mass is 19.1. The molecule has 4 aromatic rings. The number of nitrogens with zero attached hydrogens (tertiary/aromatic N) is 4. The molecule has 2 fully saturated rings. The molecule has 0 aliphatic carbocycles. The first-order valence-corrected chi connectivity index (χ1v) is 18.9. The number of alkyl carbamates (subject to hydrolysis) is 1. The largest absolute Gasteiger partial charge is 0.469 e. The number of ether oxygens (including phenoxy) is 2. The molecule has 6 rings (SSSR count). The molecule has 0 saturated carbocycles. The lowest BCUT2D eigenvalue weighted by Gasteiger charge is -2.30. The van der Waals surface area contributed by atoms with Crippen molar-refractivity contribution in [3.8, 4) is 33.6 Å². The first kappa shape index (κ1) is 39.2. The third kappa shape index (κ3) is 8.42. The molecule has 2 saturated heterocycles. The minimum absolute atomic E-state index is 0.0176. The van der Waals surface area contributed by atoms with Crippen molar-refractivity contribution in [3.63, 3.8) is 0 Å². The van der Waals surface area contributed by atoms with Crippen LogP contribution >= 0.6 is 0 Å². The zero-order chi connectivity index (χ0) is 39.4. The minimum Gasteiger partial charge on any atom is -0.469 e. The number of hydrogen-bond acceptors (Lipinski definition) is 8. The lowest BCUT2D eigenvalue weighted by Crippen LogP contribution is -2.51. The van der Waals surface area contributed by atoms with Crippen LogP contribution < -0.4 is 5.32 Å². The third-order valence-corrected chi connectivity index (χ3v) is 10.8. The number of hydrogen-bond donors (Lipinski definition) is 3. The van der Waals surface area contributed by atoms with E-state index in [2.05, 4.69) is 25.3 Å². The van der Waals surface area contributed by atoms with E-state index < -0.39 is 29.8 Å². The zero-order valence-electron chi connectivity index (χ0n) is 32.2. The Hall–Kier alpha value is -5.53. The summed E-state index contributed by atoms with van der Waals surface area (Å²) in [5.74, 6) is -0.458. The predicted molar refractivity (Wildman–Crippen MR) is 204 cm³/mol. The van der Waals surface area contributed by atoms with Crippen molar-refractivity contribution in [3.05, 3.63) is 72.3 Å². The van der Waals surface area contributed by atoms with E-state index in [9.17, 15) is 19.2 Å². The molecule has 0 spiro atoms. The van der Waals surface area contributed by atoms with Crippen molar-refractivity contribution in [2.75, 3.05) is 27.3 Å². The fraction of sp³-hybridized carbons (Fsp3) is 0.463. The highest BCUT2D eigenvalue weighted by Crippen LogP contribution is 2.36. The van der Waals surface area contributed by atoms with Crippen LogP contribution in [-0.4, -0.2) is 87.0 Å². The Morgan fingerprint density at radius 1 is 0.782 bits per heavy atom. The van der Waals surface area contributed by atoms with Gasteiger partial charge < -0.3 is 34.6 Å². The number of carbonyl (C=O) groups is 4. The van der Waals surface area contributed by atoms with Crippen LogP contribution in [0.15, 0.2) is 54.9 Å². The maximum absolute atomic E-state index is 15.7. The number of likely N-dealkylation sites (tertiary alicyclic amines) is 2. The standard InChI is InChI=1S/C41H50FN7O6/c1-23(2)29(20-35(50)54-5)39(51)48-17-7-9-33(48)37-43-21-31(45-37)26-13-11-25(12-14-26)27-15-16-28(30(42)19-27)32-22-44-38(46-32)34-10-8-18-49(34)40(52)36(24(3)4)47-41(53)55-6/h11-16,19,21-24,29,33-34,36H,7-10,17-18,20H2,1-6H3,(H,43,45)(H,44,46)(H,47,53)/t29-,33-,34-,36+/m0/s1. The predicted octanol–water partition coefficient (Wildman–Crippen LogP) is 6.82. The maximum atomic E-state index is 15.7. The summed E-state index contributed by atoms with van der Waals surface area (Å²) in [7, 11) is 2.60. The summed E-state index contributed by atoms with van der Waals surface area (Å²) in [5, 5.41) is 2.65. The number of aromatic nitrogens is 4. The Bertz CT molecular complexity index is 2010. The molecule has 55 heavy (non-hydrogen) atoms. The Labute approximate surface area is 320 Å². The van der Waals surface area contributed by atoms with Crippen molar-refractivity contribution < 1.29 is 33.0 Å². The minimum atomic E-state index is -0.748.